The second-order valence-corrected chi connectivity index (χ2v) is 7.82. The lowest BCUT2D eigenvalue weighted by molar-refractivity contribution is -0.140. The first-order valence-electron chi connectivity index (χ1n) is 10.8. The maximum atomic E-state index is 12.6. The van der Waals surface area contributed by atoms with E-state index in [1.807, 2.05) is 37.3 Å². The van der Waals surface area contributed by atoms with Gasteiger partial charge in [-0.2, -0.15) is 0 Å². The standard InChI is InChI=1S/C25H25NO6/c1-2-18-14-23(27)32-22-15-20(8-9-21(18)22)31-24(28)19-10-12-26(13-11-19)25(29)30-16-17-6-4-3-5-7-17/h3-9,14-15,19H,2,10-13,16H2,1H3. The Balaban J connectivity index is 1.31. The fourth-order valence-electron chi connectivity index (χ4n) is 3.87. The molecule has 2 heterocycles. The van der Waals surface area contributed by atoms with E-state index in [0.29, 0.717) is 43.7 Å². The molecule has 3 aromatic rings. The second kappa shape index (κ2) is 9.68. The summed E-state index contributed by atoms with van der Waals surface area (Å²) in [5.41, 5.74) is 1.79. The summed E-state index contributed by atoms with van der Waals surface area (Å²) in [6.45, 7) is 3.05. The molecular formula is C25H25NO6. The lowest BCUT2D eigenvalue weighted by atomic mass is 9.97. The molecule has 7 heteroatoms. The molecule has 0 bridgehead atoms. The quantitative estimate of drug-likeness (QED) is 0.337. The number of carbonyl (C=O) groups excluding carboxylic acids is 2. The summed E-state index contributed by atoms with van der Waals surface area (Å²) in [5, 5.41) is 0.828. The summed E-state index contributed by atoms with van der Waals surface area (Å²) in [5.74, 6) is -0.322. The van der Waals surface area contributed by atoms with Gasteiger partial charge in [-0.25, -0.2) is 9.59 Å². The van der Waals surface area contributed by atoms with Crippen molar-refractivity contribution in [3.8, 4) is 5.75 Å². The van der Waals surface area contributed by atoms with Crippen molar-refractivity contribution in [3.63, 3.8) is 0 Å². The van der Waals surface area contributed by atoms with Gasteiger partial charge in [-0.15, -0.1) is 0 Å². The Morgan fingerprint density at radius 1 is 1.06 bits per heavy atom. The van der Waals surface area contributed by atoms with E-state index < -0.39 is 5.63 Å². The summed E-state index contributed by atoms with van der Waals surface area (Å²) in [6.07, 6.45) is 1.33. The fraction of sp³-hybridized carbons (Fsp3) is 0.320. The van der Waals surface area contributed by atoms with Crippen LogP contribution in [0.2, 0.25) is 0 Å². The van der Waals surface area contributed by atoms with Gasteiger partial charge in [-0.3, -0.25) is 4.79 Å². The van der Waals surface area contributed by atoms with Gasteiger partial charge in [0.25, 0.3) is 0 Å². The number of fused-ring (bicyclic) bond motifs is 1. The fourth-order valence-corrected chi connectivity index (χ4v) is 3.87. The van der Waals surface area contributed by atoms with Gasteiger partial charge in [-0.05, 0) is 42.5 Å². The van der Waals surface area contributed by atoms with E-state index in [9.17, 15) is 14.4 Å². The second-order valence-electron chi connectivity index (χ2n) is 7.82. The van der Waals surface area contributed by atoms with E-state index in [-0.39, 0.29) is 24.6 Å². The van der Waals surface area contributed by atoms with Gasteiger partial charge in [0.15, 0.2) is 0 Å². The summed E-state index contributed by atoms with van der Waals surface area (Å²) < 4.78 is 16.2. The summed E-state index contributed by atoms with van der Waals surface area (Å²) in [6, 6.07) is 16.0. The molecule has 4 rings (SSSR count). The number of ether oxygens (including phenoxy) is 2. The minimum Gasteiger partial charge on any atom is -0.445 e. The third-order valence-electron chi connectivity index (χ3n) is 5.69. The third-order valence-corrected chi connectivity index (χ3v) is 5.69. The van der Waals surface area contributed by atoms with Gasteiger partial charge in [0, 0.05) is 30.6 Å². The van der Waals surface area contributed by atoms with Crippen LogP contribution in [0.25, 0.3) is 11.0 Å². The lowest BCUT2D eigenvalue weighted by Crippen LogP contribution is -2.41. The highest BCUT2D eigenvalue weighted by atomic mass is 16.6. The van der Waals surface area contributed by atoms with Crippen molar-refractivity contribution in [3.05, 3.63) is 76.1 Å². The Morgan fingerprint density at radius 2 is 1.81 bits per heavy atom. The molecule has 1 aromatic heterocycles. The van der Waals surface area contributed by atoms with Crippen LogP contribution in [0.1, 0.15) is 30.9 Å². The minimum atomic E-state index is -0.427. The van der Waals surface area contributed by atoms with Gasteiger partial charge in [0.2, 0.25) is 0 Å². The van der Waals surface area contributed by atoms with Crippen LogP contribution in [0.4, 0.5) is 4.79 Å². The van der Waals surface area contributed by atoms with Crippen molar-refractivity contribution < 1.29 is 23.5 Å². The number of hydrogen-bond acceptors (Lipinski definition) is 6. The molecule has 0 atom stereocenters. The van der Waals surface area contributed by atoms with Crippen molar-refractivity contribution in [1.82, 2.24) is 4.90 Å². The zero-order valence-electron chi connectivity index (χ0n) is 17.9. The number of hydrogen-bond donors (Lipinski definition) is 0. The first-order valence-corrected chi connectivity index (χ1v) is 10.8. The molecule has 1 aliphatic heterocycles. The smallest absolute Gasteiger partial charge is 0.410 e. The zero-order chi connectivity index (χ0) is 22.5. The molecule has 0 N–H and O–H groups in total. The topological polar surface area (TPSA) is 86.0 Å². The van der Waals surface area contributed by atoms with Crippen LogP contribution in [0.15, 0.2) is 63.8 Å². The highest BCUT2D eigenvalue weighted by Crippen LogP contribution is 2.25. The van der Waals surface area contributed by atoms with E-state index >= 15 is 0 Å². The largest absolute Gasteiger partial charge is 0.445 e. The number of aryl methyl sites for hydroxylation is 1. The number of piperidine rings is 1. The van der Waals surface area contributed by atoms with Gasteiger partial charge in [-0.1, -0.05) is 37.3 Å². The Kier molecular flexibility index (Phi) is 6.54. The number of esters is 1. The van der Waals surface area contributed by atoms with E-state index in [1.54, 1.807) is 23.1 Å². The number of benzene rings is 2. The molecule has 1 saturated heterocycles. The zero-order valence-corrected chi connectivity index (χ0v) is 17.9. The molecule has 2 aromatic carbocycles. The van der Waals surface area contributed by atoms with Gasteiger partial charge < -0.3 is 18.8 Å². The first-order chi connectivity index (χ1) is 15.5. The van der Waals surface area contributed by atoms with Crippen molar-refractivity contribution in [2.45, 2.75) is 32.8 Å². The van der Waals surface area contributed by atoms with Crippen LogP contribution < -0.4 is 10.4 Å². The lowest BCUT2D eigenvalue weighted by Gasteiger charge is -2.30. The Morgan fingerprint density at radius 3 is 2.53 bits per heavy atom. The molecular weight excluding hydrogens is 410 g/mol. The van der Waals surface area contributed by atoms with Crippen LogP contribution in [0.3, 0.4) is 0 Å². The summed E-state index contributed by atoms with van der Waals surface area (Å²) in [7, 11) is 0. The number of nitrogens with zero attached hydrogens (tertiary/aromatic N) is 1. The highest BCUT2D eigenvalue weighted by Gasteiger charge is 2.29. The molecule has 0 radical (unpaired) electrons. The van der Waals surface area contributed by atoms with Crippen molar-refractivity contribution >= 4 is 23.0 Å². The van der Waals surface area contributed by atoms with Crippen molar-refractivity contribution in [2.75, 3.05) is 13.1 Å². The monoisotopic (exact) mass is 435 g/mol. The Labute approximate surface area is 185 Å². The minimum absolute atomic E-state index is 0.222. The molecule has 32 heavy (non-hydrogen) atoms. The molecule has 7 nitrogen and oxygen atoms in total. The average molecular weight is 435 g/mol. The highest BCUT2D eigenvalue weighted by molar-refractivity contribution is 5.83. The molecule has 166 valence electrons. The maximum absolute atomic E-state index is 12.6. The van der Waals surface area contributed by atoms with E-state index in [2.05, 4.69) is 0 Å². The first kappa shape index (κ1) is 21.6. The predicted molar refractivity (Wildman–Crippen MR) is 118 cm³/mol. The van der Waals surface area contributed by atoms with E-state index in [1.165, 1.54) is 6.07 Å². The van der Waals surface area contributed by atoms with Crippen LogP contribution in [-0.2, 0) is 22.6 Å². The molecule has 0 saturated carbocycles. The SMILES string of the molecule is CCc1cc(=O)oc2cc(OC(=O)C3CCN(C(=O)OCc4ccccc4)CC3)ccc12. The average Bonchev–Trinajstić information content (AvgIpc) is 2.82. The molecule has 0 unspecified atom stereocenters. The van der Waals surface area contributed by atoms with Crippen LogP contribution in [0.5, 0.6) is 5.75 Å². The van der Waals surface area contributed by atoms with Gasteiger partial charge in [0.1, 0.15) is 17.9 Å². The Hall–Kier alpha value is -3.61. The van der Waals surface area contributed by atoms with E-state index in [0.717, 1.165) is 16.5 Å². The number of likely N-dealkylation sites (tertiary alicyclic amines) is 1. The van der Waals surface area contributed by atoms with E-state index in [4.69, 9.17) is 13.9 Å². The van der Waals surface area contributed by atoms with Crippen LogP contribution >= 0.6 is 0 Å². The van der Waals surface area contributed by atoms with Crippen molar-refractivity contribution in [2.24, 2.45) is 5.92 Å². The number of carbonyl (C=O) groups is 2. The Bertz CT molecular complexity index is 1160. The molecule has 1 fully saturated rings. The van der Waals surface area contributed by atoms with Crippen molar-refractivity contribution in [1.29, 1.82) is 0 Å². The maximum Gasteiger partial charge on any atom is 0.410 e. The molecule has 1 aliphatic rings. The molecule has 1 amide bonds. The van der Waals surface area contributed by atoms with Crippen LogP contribution in [0, 0.1) is 5.92 Å². The van der Waals surface area contributed by atoms with Gasteiger partial charge >= 0.3 is 17.7 Å². The summed E-state index contributed by atoms with van der Waals surface area (Å²) in [4.78, 5) is 38.3. The normalized spacial score (nSPS) is 14.3. The predicted octanol–water partition coefficient (Wildman–Crippen LogP) is 4.31. The summed E-state index contributed by atoms with van der Waals surface area (Å²) >= 11 is 0. The number of amides is 1. The number of rotatable bonds is 5. The molecule has 0 aliphatic carbocycles. The molecule has 0 spiro atoms. The van der Waals surface area contributed by atoms with Crippen LogP contribution in [-0.4, -0.2) is 30.1 Å². The van der Waals surface area contributed by atoms with Gasteiger partial charge in [0.05, 0.1) is 5.92 Å². The third kappa shape index (κ3) is 4.99.